The topological polar surface area (TPSA) is 32.3 Å². The molecule has 0 atom stereocenters. The number of carbonyl (C=O) groups excluding carboxylic acids is 1. The first kappa shape index (κ1) is 14.5. The van der Waals surface area contributed by atoms with Crippen molar-refractivity contribution in [2.24, 2.45) is 0 Å². The third-order valence-electron chi connectivity index (χ3n) is 3.23. The van der Waals surface area contributed by atoms with Gasteiger partial charge in [0.1, 0.15) is 0 Å². The van der Waals surface area contributed by atoms with Gasteiger partial charge in [-0.2, -0.15) is 0 Å². The molecule has 1 aliphatic heterocycles. The lowest BCUT2D eigenvalue weighted by Gasteiger charge is -2.31. The summed E-state index contributed by atoms with van der Waals surface area (Å²) in [5.74, 6) is 0.180. The van der Waals surface area contributed by atoms with Crippen molar-refractivity contribution in [3.05, 3.63) is 21.9 Å². The van der Waals surface area contributed by atoms with Crippen LogP contribution in [0.5, 0.6) is 0 Å². The van der Waals surface area contributed by atoms with E-state index in [2.05, 4.69) is 5.32 Å². The number of nitrogens with one attached hydrogen (secondary N) is 1. The molecule has 0 bridgehead atoms. The molecule has 5 heteroatoms. The van der Waals surface area contributed by atoms with Crippen molar-refractivity contribution in [3.63, 3.8) is 0 Å². The molecule has 1 aromatic rings. The predicted octanol–water partition coefficient (Wildman–Crippen LogP) is 2.30. The Morgan fingerprint density at radius 3 is 2.65 bits per heavy atom. The Balaban J connectivity index is 0.00000144. The van der Waals surface area contributed by atoms with Crippen molar-refractivity contribution < 1.29 is 4.79 Å². The van der Waals surface area contributed by atoms with Gasteiger partial charge in [-0.1, -0.05) is 0 Å². The first-order valence-corrected chi connectivity index (χ1v) is 6.60. The zero-order valence-electron chi connectivity index (χ0n) is 10.2. The van der Waals surface area contributed by atoms with Crippen molar-refractivity contribution in [2.75, 3.05) is 20.1 Å². The monoisotopic (exact) mass is 274 g/mol. The zero-order chi connectivity index (χ0) is 11.5. The number of hydrogen-bond acceptors (Lipinski definition) is 3. The van der Waals surface area contributed by atoms with Gasteiger partial charge in [0, 0.05) is 13.1 Å². The van der Waals surface area contributed by atoms with E-state index in [0.29, 0.717) is 6.04 Å². The number of amides is 1. The van der Waals surface area contributed by atoms with Crippen LogP contribution in [0.2, 0.25) is 0 Å². The second-order valence-corrected chi connectivity index (χ2v) is 5.25. The molecule has 1 saturated heterocycles. The van der Waals surface area contributed by atoms with Gasteiger partial charge < -0.3 is 10.2 Å². The Bertz CT molecular complexity index is 374. The quantitative estimate of drug-likeness (QED) is 0.898. The van der Waals surface area contributed by atoms with Gasteiger partial charge in [-0.25, -0.2) is 0 Å². The molecule has 3 nitrogen and oxygen atoms in total. The number of nitrogens with zero attached hydrogens (tertiary/aromatic N) is 1. The lowest BCUT2D eigenvalue weighted by molar-refractivity contribution is 0.0707. The fourth-order valence-electron chi connectivity index (χ4n) is 2.11. The minimum atomic E-state index is 0. The highest BCUT2D eigenvalue weighted by molar-refractivity contribution is 7.12. The second-order valence-electron chi connectivity index (χ2n) is 4.33. The zero-order valence-corrected chi connectivity index (χ0v) is 11.9. The molecule has 2 rings (SSSR count). The number of hydrogen-bond donors (Lipinski definition) is 1. The molecular formula is C12H19ClN2OS. The smallest absolute Gasteiger partial charge is 0.264 e. The first-order valence-electron chi connectivity index (χ1n) is 5.72. The van der Waals surface area contributed by atoms with E-state index in [0.717, 1.165) is 36.4 Å². The van der Waals surface area contributed by atoms with Crippen LogP contribution in [0.15, 0.2) is 11.4 Å². The molecule has 0 saturated carbocycles. The van der Waals surface area contributed by atoms with E-state index in [1.165, 1.54) is 0 Å². The number of piperidine rings is 1. The Morgan fingerprint density at radius 2 is 2.12 bits per heavy atom. The summed E-state index contributed by atoms with van der Waals surface area (Å²) in [6.45, 7) is 4.04. The maximum atomic E-state index is 12.2. The van der Waals surface area contributed by atoms with Gasteiger partial charge in [0.15, 0.2) is 0 Å². The van der Waals surface area contributed by atoms with Crippen molar-refractivity contribution in [1.82, 2.24) is 10.2 Å². The van der Waals surface area contributed by atoms with Gasteiger partial charge in [-0.3, -0.25) is 4.79 Å². The van der Waals surface area contributed by atoms with Crippen molar-refractivity contribution in [2.45, 2.75) is 25.8 Å². The Labute approximate surface area is 113 Å². The molecule has 17 heavy (non-hydrogen) atoms. The number of halogens is 1. The summed E-state index contributed by atoms with van der Waals surface area (Å²) in [5.41, 5.74) is 1.09. The van der Waals surface area contributed by atoms with Crippen LogP contribution in [0.25, 0.3) is 0 Å². The fourth-order valence-corrected chi connectivity index (χ4v) is 3.02. The van der Waals surface area contributed by atoms with Crippen molar-refractivity contribution in [1.29, 1.82) is 0 Å². The third-order valence-corrected chi connectivity index (χ3v) is 4.24. The van der Waals surface area contributed by atoms with E-state index in [9.17, 15) is 4.79 Å². The minimum Gasteiger partial charge on any atom is -0.338 e. The highest BCUT2D eigenvalue weighted by atomic mass is 35.5. The number of aryl methyl sites for hydroxylation is 1. The molecule has 0 aliphatic carbocycles. The van der Waals surface area contributed by atoms with E-state index >= 15 is 0 Å². The molecule has 0 radical (unpaired) electrons. The molecule has 0 unspecified atom stereocenters. The van der Waals surface area contributed by atoms with Crippen LogP contribution in [0.3, 0.4) is 0 Å². The third kappa shape index (κ3) is 3.21. The standard InChI is InChI=1S/C12H18N2OS.ClH/c1-9-5-8-16-11(9)12(15)14(2)10-3-6-13-7-4-10;/h5,8,10,13H,3-4,6-7H2,1-2H3;1H. The fraction of sp³-hybridized carbons (Fsp3) is 0.583. The minimum absolute atomic E-state index is 0. The molecule has 1 fully saturated rings. The Morgan fingerprint density at radius 1 is 1.47 bits per heavy atom. The van der Waals surface area contributed by atoms with Crippen LogP contribution in [-0.2, 0) is 0 Å². The normalized spacial score (nSPS) is 16.4. The Hall–Kier alpha value is -0.580. The molecule has 1 aliphatic rings. The van der Waals surface area contributed by atoms with E-state index in [1.807, 2.05) is 30.3 Å². The van der Waals surface area contributed by atoms with Crippen molar-refractivity contribution in [3.8, 4) is 0 Å². The van der Waals surface area contributed by atoms with E-state index in [1.54, 1.807) is 11.3 Å². The molecule has 96 valence electrons. The summed E-state index contributed by atoms with van der Waals surface area (Å²) in [6.07, 6.45) is 2.12. The molecule has 1 aromatic heterocycles. The second kappa shape index (κ2) is 6.38. The lowest BCUT2D eigenvalue weighted by Crippen LogP contribution is -2.43. The van der Waals surface area contributed by atoms with Gasteiger partial charge in [0.25, 0.3) is 5.91 Å². The highest BCUT2D eigenvalue weighted by Gasteiger charge is 2.24. The summed E-state index contributed by atoms with van der Waals surface area (Å²) in [4.78, 5) is 15.0. The predicted molar refractivity (Wildman–Crippen MR) is 74.3 cm³/mol. The number of rotatable bonds is 2. The van der Waals surface area contributed by atoms with Crippen LogP contribution >= 0.6 is 23.7 Å². The summed E-state index contributed by atoms with van der Waals surface area (Å²) >= 11 is 1.54. The molecule has 2 heterocycles. The SMILES string of the molecule is Cc1ccsc1C(=O)N(C)C1CCNCC1.Cl. The van der Waals surface area contributed by atoms with Gasteiger partial charge in [0.05, 0.1) is 4.88 Å². The summed E-state index contributed by atoms with van der Waals surface area (Å²) < 4.78 is 0. The van der Waals surface area contributed by atoms with Crippen LogP contribution in [0.4, 0.5) is 0 Å². The average molecular weight is 275 g/mol. The lowest BCUT2D eigenvalue weighted by atomic mass is 10.1. The van der Waals surface area contributed by atoms with Crippen LogP contribution in [0, 0.1) is 6.92 Å². The largest absolute Gasteiger partial charge is 0.338 e. The first-order chi connectivity index (χ1) is 7.70. The highest BCUT2D eigenvalue weighted by Crippen LogP contribution is 2.20. The molecule has 1 amide bonds. The summed E-state index contributed by atoms with van der Waals surface area (Å²) in [6, 6.07) is 2.41. The number of carbonyl (C=O) groups is 1. The molecular weight excluding hydrogens is 256 g/mol. The Kier molecular flexibility index (Phi) is 5.43. The van der Waals surface area contributed by atoms with E-state index < -0.39 is 0 Å². The summed E-state index contributed by atoms with van der Waals surface area (Å²) in [5, 5.41) is 5.30. The van der Waals surface area contributed by atoms with E-state index in [4.69, 9.17) is 0 Å². The van der Waals surface area contributed by atoms with Gasteiger partial charge in [-0.05, 0) is 49.9 Å². The number of thiophene rings is 1. The van der Waals surface area contributed by atoms with E-state index in [-0.39, 0.29) is 18.3 Å². The molecule has 0 aromatic carbocycles. The van der Waals surface area contributed by atoms with Crippen LogP contribution in [0.1, 0.15) is 28.1 Å². The van der Waals surface area contributed by atoms with Crippen molar-refractivity contribution >= 4 is 29.7 Å². The maximum Gasteiger partial charge on any atom is 0.264 e. The van der Waals surface area contributed by atoms with Crippen LogP contribution < -0.4 is 5.32 Å². The summed E-state index contributed by atoms with van der Waals surface area (Å²) in [7, 11) is 1.93. The molecule has 1 N–H and O–H groups in total. The average Bonchev–Trinajstić information content (AvgIpc) is 2.75. The van der Waals surface area contributed by atoms with Gasteiger partial charge in [-0.15, -0.1) is 23.7 Å². The van der Waals surface area contributed by atoms with Gasteiger partial charge >= 0.3 is 0 Å². The van der Waals surface area contributed by atoms with Crippen LogP contribution in [-0.4, -0.2) is 37.0 Å². The van der Waals surface area contributed by atoms with Gasteiger partial charge in [0.2, 0.25) is 0 Å². The maximum absolute atomic E-state index is 12.2. The molecule has 0 spiro atoms.